The van der Waals surface area contributed by atoms with E-state index in [1.54, 1.807) is 0 Å². The lowest BCUT2D eigenvalue weighted by Crippen LogP contribution is -2.33. The van der Waals surface area contributed by atoms with Crippen LogP contribution in [0, 0.1) is 0 Å². The molecule has 2 atom stereocenters. The van der Waals surface area contributed by atoms with Crippen LogP contribution in [0.1, 0.15) is 18.9 Å². The van der Waals surface area contributed by atoms with Crippen molar-refractivity contribution in [2.45, 2.75) is 24.7 Å². The molecule has 2 unspecified atom stereocenters. The zero-order valence-corrected chi connectivity index (χ0v) is 13.8. The molecule has 0 saturated carbocycles. The molecule has 18 heavy (non-hydrogen) atoms. The summed E-state index contributed by atoms with van der Waals surface area (Å²) in [7, 11) is -1.73. The van der Waals surface area contributed by atoms with E-state index < -0.39 is 13.9 Å². The molecular weight excluding hydrogens is 258 g/mol. The second kappa shape index (κ2) is 5.37. The number of pyridine rings is 1. The van der Waals surface area contributed by atoms with E-state index in [2.05, 4.69) is 50.6 Å². The quantitative estimate of drug-likeness (QED) is 0.842. The van der Waals surface area contributed by atoms with Gasteiger partial charge in [-0.05, 0) is 44.5 Å². The highest BCUT2D eigenvalue weighted by molar-refractivity contribution is 7.90. The highest BCUT2D eigenvalue weighted by atomic mass is 31.2. The monoisotopic (exact) mass is 284 g/mol. The summed E-state index contributed by atoms with van der Waals surface area (Å²) < 4.78 is 0. The zero-order valence-electron chi connectivity index (χ0n) is 12.1. The van der Waals surface area contributed by atoms with Gasteiger partial charge in [-0.2, -0.15) is 0 Å². The van der Waals surface area contributed by atoms with Crippen molar-refractivity contribution in [1.82, 2.24) is 4.98 Å². The molecule has 0 spiro atoms. The highest BCUT2D eigenvalue weighted by Crippen LogP contribution is 2.70. The number of aromatic nitrogens is 1. The van der Waals surface area contributed by atoms with Gasteiger partial charge in [0, 0.05) is 17.3 Å². The lowest BCUT2D eigenvalue weighted by atomic mass is 10.1. The van der Waals surface area contributed by atoms with Crippen LogP contribution in [-0.4, -0.2) is 42.5 Å². The first kappa shape index (κ1) is 15.8. The van der Waals surface area contributed by atoms with Crippen molar-refractivity contribution in [3.05, 3.63) is 30.1 Å². The molecule has 1 heterocycles. The molecule has 1 aromatic heterocycles. The third-order valence-corrected chi connectivity index (χ3v) is 12.0. The third-order valence-electron chi connectivity index (χ3n) is 3.85. The fourth-order valence-electron chi connectivity index (χ4n) is 2.76. The number of rotatable bonds is 5. The van der Waals surface area contributed by atoms with Crippen molar-refractivity contribution in [2.75, 3.05) is 20.0 Å². The first-order valence-electron chi connectivity index (χ1n) is 6.21. The van der Waals surface area contributed by atoms with Gasteiger partial charge >= 0.3 is 0 Å². The molecule has 0 aliphatic rings. The molecule has 102 valence electrons. The summed E-state index contributed by atoms with van der Waals surface area (Å²) in [6.07, 6.45) is 14.5. The van der Waals surface area contributed by atoms with E-state index in [9.17, 15) is 0 Å². The van der Waals surface area contributed by atoms with E-state index in [0.29, 0.717) is 0 Å². The van der Waals surface area contributed by atoms with E-state index in [1.165, 1.54) is 5.56 Å². The van der Waals surface area contributed by atoms with Gasteiger partial charge in [0.05, 0.1) is 0 Å². The van der Waals surface area contributed by atoms with Crippen LogP contribution in [0.25, 0.3) is 0 Å². The lowest BCUT2D eigenvalue weighted by Gasteiger charge is -2.48. The molecule has 0 fully saturated rings. The van der Waals surface area contributed by atoms with Crippen molar-refractivity contribution >= 4 is 26.5 Å². The third kappa shape index (κ3) is 2.99. The molecule has 1 aromatic rings. The summed E-state index contributed by atoms with van der Waals surface area (Å²) in [5.41, 5.74) is 7.77. The average molecular weight is 284 g/mol. The molecular formula is C14H26N2P2. The van der Waals surface area contributed by atoms with Crippen LogP contribution in [0.4, 0.5) is 0 Å². The second-order valence-electron chi connectivity index (χ2n) is 5.83. The van der Waals surface area contributed by atoms with Crippen LogP contribution < -0.4 is 5.50 Å². The predicted octanol–water partition coefficient (Wildman–Crippen LogP) is 3.39. The van der Waals surface area contributed by atoms with Crippen LogP contribution in [0.5, 0.6) is 0 Å². The normalized spacial score (nSPS) is 18.9. The minimum Gasteiger partial charge on any atom is -0.311 e. The number of hydrogen-bond acceptors (Lipinski definition) is 2. The Kier molecular flexibility index (Phi) is 4.70. The van der Waals surface area contributed by atoms with E-state index in [0.717, 1.165) is 12.8 Å². The Morgan fingerprint density at radius 3 is 2.28 bits per heavy atom. The molecule has 0 aromatic carbocycles. The minimum absolute atomic E-state index is 0.0586. The molecule has 4 heteroatoms. The average Bonchev–Trinajstić information content (AvgIpc) is 2.23. The van der Waals surface area contributed by atoms with Gasteiger partial charge in [0.2, 0.25) is 0 Å². The van der Waals surface area contributed by atoms with E-state index in [-0.39, 0.29) is 4.90 Å². The van der Waals surface area contributed by atoms with Gasteiger partial charge in [0.15, 0.2) is 0 Å². The Hall–Kier alpha value is -0.290. The van der Waals surface area contributed by atoms with Gasteiger partial charge in [-0.3, -0.25) is 4.98 Å². The molecule has 0 bridgehead atoms. The first-order valence-corrected chi connectivity index (χ1v) is 11.6. The Bertz CT molecular complexity index is 460. The van der Waals surface area contributed by atoms with Gasteiger partial charge in [-0.1, -0.05) is 26.3 Å². The van der Waals surface area contributed by atoms with Crippen LogP contribution in [-0.2, 0) is 6.42 Å². The maximum absolute atomic E-state index is 6.53. The maximum atomic E-state index is 6.53. The molecule has 0 radical (unpaired) electrons. The molecule has 0 aliphatic carbocycles. The van der Waals surface area contributed by atoms with Crippen molar-refractivity contribution < 1.29 is 0 Å². The van der Waals surface area contributed by atoms with E-state index in [4.69, 9.17) is 5.50 Å². The molecule has 2 nitrogen and oxygen atoms in total. The van der Waals surface area contributed by atoms with Gasteiger partial charge < -0.3 is 5.50 Å². The SMILES string of the molecule is C=P(C)(C)C(CC)(Cc1cccnc1)P(=C)(C)N. The Morgan fingerprint density at radius 2 is 1.94 bits per heavy atom. The minimum atomic E-state index is -1.73. The summed E-state index contributed by atoms with van der Waals surface area (Å²) in [6.45, 7) is 7.56. The van der Waals surface area contributed by atoms with Gasteiger partial charge in [-0.15, -0.1) is 13.2 Å². The summed E-state index contributed by atoms with van der Waals surface area (Å²) in [4.78, 5) is 4.27. The summed E-state index contributed by atoms with van der Waals surface area (Å²) in [5.74, 6) is 0. The molecule has 2 N–H and O–H groups in total. The standard InChI is InChI=1S/C14H26N2P2/c1-7-14(17(2,3)4,18(5,6)15)11-13-9-8-10-16-12-13/h8-10,12H,2,5,7,11,15H2,1,3-4,6H3. The van der Waals surface area contributed by atoms with Crippen molar-refractivity contribution in [3.8, 4) is 0 Å². The maximum Gasteiger partial charge on any atom is 0.0300 e. The fourth-order valence-corrected chi connectivity index (χ4v) is 10.4. The van der Waals surface area contributed by atoms with Crippen LogP contribution in [0.2, 0.25) is 0 Å². The first-order chi connectivity index (χ1) is 8.14. The molecule has 1 rings (SSSR count). The van der Waals surface area contributed by atoms with E-state index in [1.807, 2.05) is 18.5 Å². The van der Waals surface area contributed by atoms with E-state index >= 15 is 0 Å². The van der Waals surface area contributed by atoms with Crippen molar-refractivity contribution in [2.24, 2.45) is 5.50 Å². The smallest absolute Gasteiger partial charge is 0.0300 e. The highest BCUT2D eigenvalue weighted by Gasteiger charge is 2.41. The van der Waals surface area contributed by atoms with Gasteiger partial charge in [0.25, 0.3) is 0 Å². The van der Waals surface area contributed by atoms with Crippen LogP contribution in [0.3, 0.4) is 0 Å². The molecule has 0 saturated heterocycles. The largest absolute Gasteiger partial charge is 0.311 e. The lowest BCUT2D eigenvalue weighted by molar-refractivity contribution is 0.731. The van der Waals surface area contributed by atoms with Crippen molar-refractivity contribution in [1.29, 1.82) is 0 Å². The van der Waals surface area contributed by atoms with Crippen molar-refractivity contribution in [3.63, 3.8) is 0 Å². The fraction of sp³-hybridized carbons (Fsp3) is 0.500. The summed E-state index contributed by atoms with van der Waals surface area (Å²) >= 11 is 0. The van der Waals surface area contributed by atoms with Crippen LogP contribution >= 0.6 is 13.9 Å². The Labute approximate surface area is 112 Å². The topological polar surface area (TPSA) is 38.9 Å². The summed E-state index contributed by atoms with van der Waals surface area (Å²) in [6, 6.07) is 4.11. The number of nitrogens with zero attached hydrogens (tertiary/aromatic N) is 1. The zero-order chi connectivity index (χ0) is 14.0. The number of nitrogens with two attached hydrogens (primary N) is 1. The molecule has 0 amide bonds. The Balaban J connectivity index is 3.31. The second-order valence-corrected chi connectivity index (χ2v) is 13.8. The molecule has 0 aliphatic heterocycles. The van der Waals surface area contributed by atoms with Gasteiger partial charge in [0.1, 0.15) is 0 Å². The Morgan fingerprint density at radius 1 is 1.33 bits per heavy atom. The summed E-state index contributed by atoms with van der Waals surface area (Å²) in [5, 5.41) is 0. The van der Waals surface area contributed by atoms with Crippen LogP contribution in [0.15, 0.2) is 24.5 Å². The predicted molar refractivity (Wildman–Crippen MR) is 91.0 cm³/mol. The number of hydrogen-bond donors (Lipinski definition) is 1. The van der Waals surface area contributed by atoms with Gasteiger partial charge in [-0.25, -0.2) is 0 Å².